The van der Waals surface area contributed by atoms with Crippen molar-refractivity contribution in [1.82, 2.24) is 15.0 Å². The highest BCUT2D eigenvalue weighted by Gasteiger charge is 2.09. The van der Waals surface area contributed by atoms with E-state index in [2.05, 4.69) is 15.0 Å². The minimum Gasteiger partial charge on any atom is -0.398 e. The molecule has 2 heterocycles. The lowest BCUT2D eigenvalue weighted by atomic mass is 10.1. The summed E-state index contributed by atoms with van der Waals surface area (Å²) in [5, 5.41) is 1.69. The fraction of sp³-hybridized carbons (Fsp3) is 0.133. The SMILES string of the molecule is Cc1ccnc(Sc2ccc(N)c3ccc(C)nc23)n1. The van der Waals surface area contributed by atoms with Crippen LogP contribution < -0.4 is 5.73 Å². The molecule has 0 aliphatic carbocycles. The molecule has 0 unspecified atom stereocenters. The second kappa shape index (κ2) is 5.09. The lowest BCUT2D eigenvalue weighted by molar-refractivity contribution is 0.932. The van der Waals surface area contributed by atoms with E-state index in [0.29, 0.717) is 0 Å². The van der Waals surface area contributed by atoms with Crippen molar-refractivity contribution >= 4 is 28.4 Å². The van der Waals surface area contributed by atoms with Crippen molar-refractivity contribution in [2.24, 2.45) is 0 Å². The minimum atomic E-state index is 0.722. The van der Waals surface area contributed by atoms with Crippen LogP contribution in [0.15, 0.2) is 46.6 Å². The van der Waals surface area contributed by atoms with Crippen LogP contribution in [0.2, 0.25) is 0 Å². The van der Waals surface area contributed by atoms with Crippen LogP contribution in [0, 0.1) is 13.8 Å². The number of aromatic nitrogens is 3. The zero-order valence-corrected chi connectivity index (χ0v) is 12.1. The molecule has 2 aromatic heterocycles. The maximum Gasteiger partial charge on any atom is 0.192 e. The van der Waals surface area contributed by atoms with Crippen LogP contribution in [-0.2, 0) is 0 Å². The van der Waals surface area contributed by atoms with Crippen molar-refractivity contribution in [3.05, 3.63) is 47.9 Å². The second-order valence-corrected chi connectivity index (χ2v) is 5.59. The molecule has 100 valence electrons. The molecule has 0 aliphatic heterocycles. The highest BCUT2D eigenvalue weighted by atomic mass is 32.2. The molecule has 0 saturated carbocycles. The molecule has 0 bridgehead atoms. The number of pyridine rings is 1. The number of anilines is 1. The summed E-state index contributed by atoms with van der Waals surface area (Å²) in [6.45, 7) is 3.93. The molecule has 0 saturated heterocycles. The second-order valence-electron chi connectivity index (χ2n) is 4.58. The lowest BCUT2D eigenvalue weighted by Gasteiger charge is -2.08. The van der Waals surface area contributed by atoms with Crippen molar-refractivity contribution in [1.29, 1.82) is 0 Å². The smallest absolute Gasteiger partial charge is 0.192 e. The van der Waals surface area contributed by atoms with Crippen molar-refractivity contribution < 1.29 is 0 Å². The van der Waals surface area contributed by atoms with Crippen LogP contribution in [0.1, 0.15) is 11.4 Å². The molecule has 0 fully saturated rings. The van der Waals surface area contributed by atoms with Gasteiger partial charge in [-0.2, -0.15) is 0 Å². The van der Waals surface area contributed by atoms with Crippen molar-refractivity contribution in [3.8, 4) is 0 Å². The number of rotatable bonds is 2. The molecular formula is C15H14N4S. The molecule has 0 atom stereocenters. The first-order valence-corrected chi connectivity index (χ1v) is 7.08. The summed E-state index contributed by atoms with van der Waals surface area (Å²) >= 11 is 1.51. The van der Waals surface area contributed by atoms with E-state index in [4.69, 9.17) is 5.73 Å². The average Bonchev–Trinajstić information content (AvgIpc) is 2.42. The van der Waals surface area contributed by atoms with E-state index < -0.39 is 0 Å². The van der Waals surface area contributed by atoms with Crippen molar-refractivity contribution in [2.75, 3.05) is 5.73 Å². The number of fused-ring (bicyclic) bond motifs is 1. The summed E-state index contributed by atoms with van der Waals surface area (Å²) in [4.78, 5) is 14.3. The van der Waals surface area contributed by atoms with Gasteiger partial charge in [0.25, 0.3) is 0 Å². The van der Waals surface area contributed by atoms with E-state index in [1.165, 1.54) is 11.8 Å². The first-order chi connectivity index (χ1) is 9.63. The maximum atomic E-state index is 6.01. The molecule has 20 heavy (non-hydrogen) atoms. The Morgan fingerprint density at radius 3 is 2.55 bits per heavy atom. The first-order valence-electron chi connectivity index (χ1n) is 6.27. The number of aryl methyl sites for hydroxylation is 2. The van der Waals surface area contributed by atoms with Crippen LogP contribution in [0.3, 0.4) is 0 Å². The van der Waals surface area contributed by atoms with Crippen LogP contribution in [0.5, 0.6) is 0 Å². The Hall–Kier alpha value is -2.14. The largest absolute Gasteiger partial charge is 0.398 e. The molecule has 3 aromatic rings. The highest BCUT2D eigenvalue weighted by Crippen LogP contribution is 2.33. The van der Waals surface area contributed by atoms with Gasteiger partial charge in [-0.1, -0.05) is 0 Å². The monoisotopic (exact) mass is 282 g/mol. The van der Waals surface area contributed by atoms with Gasteiger partial charge in [0, 0.05) is 33.6 Å². The predicted molar refractivity (Wildman–Crippen MR) is 81.8 cm³/mol. The van der Waals surface area contributed by atoms with Crippen LogP contribution in [-0.4, -0.2) is 15.0 Å². The average molecular weight is 282 g/mol. The molecule has 3 rings (SSSR count). The van der Waals surface area contributed by atoms with Crippen LogP contribution in [0.25, 0.3) is 10.9 Å². The van der Waals surface area contributed by atoms with E-state index in [9.17, 15) is 0 Å². The van der Waals surface area contributed by atoms with Gasteiger partial charge in [-0.25, -0.2) is 9.97 Å². The zero-order valence-electron chi connectivity index (χ0n) is 11.3. The van der Waals surface area contributed by atoms with Gasteiger partial charge < -0.3 is 5.73 Å². The fourth-order valence-electron chi connectivity index (χ4n) is 1.97. The summed E-state index contributed by atoms with van der Waals surface area (Å²) in [5.41, 5.74) is 9.57. The molecule has 2 N–H and O–H groups in total. The number of benzene rings is 1. The van der Waals surface area contributed by atoms with Gasteiger partial charge in [0.05, 0.1) is 5.52 Å². The molecule has 5 heteroatoms. The zero-order chi connectivity index (χ0) is 14.1. The Kier molecular flexibility index (Phi) is 3.28. The Morgan fingerprint density at radius 1 is 0.950 bits per heavy atom. The van der Waals surface area contributed by atoms with Crippen molar-refractivity contribution in [3.63, 3.8) is 0 Å². The van der Waals surface area contributed by atoms with Gasteiger partial charge in [-0.15, -0.1) is 0 Å². The van der Waals surface area contributed by atoms with Gasteiger partial charge in [0.1, 0.15) is 0 Å². The predicted octanol–water partition coefficient (Wildman–Crippen LogP) is 3.38. The van der Waals surface area contributed by atoms with Gasteiger partial charge >= 0.3 is 0 Å². The van der Waals surface area contributed by atoms with Gasteiger partial charge in [-0.3, -0.25) is 4.98 Å². The summed E-state index contributed by atoms with van der Waals surface area (Å²) < 4.78 is 0. The molecule has 1 aromatic carbocycles. The third-order valence-electron chi connectivity index (χ3n) is 2.97. The molecule has 0 spiro atoms. The molecular weight excluding hydrogens is 268 g/mol. The van der Waals surface area contributed by atoms with Crippen molar-refractivity contribution in [2.45, 2.75) is 23.9 Å². The minimum absolute atomic E-state index is 0.722. The van der Waals surface area contributed by atoms with Crippen LogP contribution >= 0.6 is 11.8 Å². The number of hydrogen-bond donors (Lipinski definition) is 1. The van der Waals surface area contributed by atoms with Gasteiger partial charge in [0.15, 0.2) is 5.16 Å². The standard InChI is InChI=1S/C15H14N4S/c1-9-3-4-11-12(16)5-6-13(14(11)18-9)20-15-17-8-7-10(2)19-15/h3-8H,16H2,1-2H3. The summed E-state index contributed by atoms with van der Waals surface area (Å²) in [6.07, 6.45) is 1.77. The normalized spacial score (nSPS) is 10.9. The van der Waals surface area contributed by atoms with Gasteiger partial charge in [0.2, 0.25) is 0 Å². The number of nitrogens with zero attached hydrogens (tertiary/aromatic N) is 3. The van der Waals surface area contributed by atoms with Crippen LogP contribution in [0.4, 0.5) is 5.69 Å². The number of hydrogen-bond acceptors (Lipinski definition) is 5. The van der Waals surface area contributed by atoms with E-state index in [1.807, 2.05) is 44.2 Å². The maximum absolute atomic E-state index is 6.01. The fourth-order valence-corrected chi connectivity index (χ4v) is 2.86. The third-order valence-corrected chi connectivity index (χ3v) is 3.90. The van der Waals surface area contributed by atoms with Gasteiger partial charge in [-0.05, 0) is 55.9 Å². The first kappa shape index (κ1) is 12.9. The highest BCUT2D eigenvalue weighted by molar-refractivity contribution is 7.99. The van der Waals surface area contributed by atoms with E-state index in [-0.39, 0.29) is 0 Å². The Balaban J connectivity index is 2.12. The quantitative estimate of drug-likeness (QED) is 0.576. The summed E-state index contributed by atoms with van der Waals surface area (Å²) in [5.74, 6) is 0. The van der Waals surface area contributed by atoms with E-state index in [1.54, 1.807) is 6.20 Å². The van der Waals surface area contributed by atoms with E-state index in [0.717, 1.165) is 38.0 Å². The molecule has 0 radical (unpaired) electrons. The lowest BCUT2D eigenvalue weighted by Crippen LogP contribution is -1.93. The molecule has 4 nitrogen and oxygen atoms in total. The Bertz CT molecular complexity index is 786. The summed E-state index contributed by atoms with van der Waals surface area (Å²) in [6, 6.07) is 9.73. The summed E-state index contributed by atoms with van der Waals surface area (Å²) in [7, 11) is 0. The number of nitrogens with two attached hydrogens (primary N) is 1. The number of nitrogen functional groups attached to an aromatic ring is 1. The van der Waals surface area contributed by atoms with E-state index >= 15 is 0 Å². The Morgan fingerprint density at radius 2 is 1.75 bits per heavy atom. The Labute approximate surface area is 121 Å². The topological polar surface area (TPSA) is 64.7 Å². The third kappa shape index (κ3) is 2.44. The molecule has 0 amide bonds. The molecule has 0 aliphatic rings.